The molecule has 0 bridgehead atoms. The molecule has 8 aromatic rings. The quantitative estimate of drug-likeness (QED) is 0.0675. The second-order valence-corrected chi connectivity index (χ2v) is 17.5. The first-order valence-electron chi connectivity index (χ1n) is 17.0. The standard InChI is InChI=1S/C25H22P2.2C12H7.2Ag/c1-5-13-22(14-6-1)26(23-15-7-2-8-16-23)21-27(24-17-9-3-10-18-24)25-19-11-4-12-20-25;2*1-2-10-7-5-8-11-6-3-4-9-12(10)11;;/h1-20H,21H2;2*3-9H;;/q;2*-1;2*+1/p+2. The Morgan fingerprint density at radius 1 is 0.321 bits per heavy atom. The Morgan fingerprint density at radius 2 is 0.585 bits per heavy atom. The van der Waals surface area contributed by atoms with Gasteiger partial charge in [0.15, 0.2) is 5.90 Å². The molecule has 0 fully saturated rings. The number of benzene rings is 8. The second-order valence-electron chi connectivity index (χ2n) is 11.9. The van der Waals surface area contributed by atoms with Gasteiger partial charge in [-0.1, -0.05) is 156 Å². The predicted octanol–water partition coefficient (Wildman–Crippen LogP) is 10.2. The Kier molecular flexibility index (Phi) is 17.3. The molecular formula is C49H38Ag2P2+2. The van der Waals surface area contributed by atoms with Crippen LogP contribution in [0, 0.1) is 24.7 Å². The van der Waals surface area contributed by atoms with Gasteiger partial charge < -0.3 is 12.8 Å². The Morgan fingerprint density at radius 3 is 0.887 bits per heavy atom. The Bertz CT molecular complexity index is 2110. The molecule has 0 unspecified atom stereocenters. The average Bonchev–Trinajstić information content (AvgIpc) is 3.22. The fourth-order valence-corrected chi connectivity index (χ4v) is 13.9. The third-order valence-corrected chi connectivity index (χ3v) is 15.6. The Hall–Kier alpha value is -4.26. The smallest absolute Gasteiger partial charge is 0.366 e. The summed E-state index contributed by atoms with van der Waals surface area (Å²) in [5.41, 5.74) is 1.71. The van der Waals surface area contributed by atoms with Gasteiger partial charge in [0.25, 0.3) is 0 Å². The summed E-state index contributed by atoms with van der Waals surface area (Å²) in [6, 6.07) is 72.2. The molecule has 0 aliphatic heterocycles. The molecule has 0 aliphatic carbocycles. The van der Waals surface area contributed by atoms with Crippen molar-refractivity contribution in [3.63, 3.8) is 0 Å². The summed E-state index contributed by atoms with van der Waals surface area (Å²) in [5.74, 6) is 6.09. The molecule has 0 spiro atoms. The minimum atomic E-state index is -0.847. The van der Waals surface area contributed by atoms with Crippen LogP contribution in [-0.2, 0) is 44.8 Å². The van der Waals surface area contributed by atoms with E-state index in [0.717, 1.165) is 32.7 Å². The Balaban J connectivity index is 0.000000200. The largest absolute Gasteiger partial charge is 1.00 e. The van der Waals surface area contributed by atoms with Gasteiger partial charge in [-0.2, -0.15) is 0 Å². The zero-order valence-electron chi connectivity index (χ0n) is 28.9. The summed E-state index contributed by atoms with van der Waals surface area (Å²) in [4.78, 5) is 0. The van der Waals surface area contributed by atoms with Crippen molar-refractivity contribution in [1.82, 2.24) is 0 Å². The van der Waals surface area contributed by atoms with E-state index in [1.807, 2.05) is 84.9 Å². The monoisotopic (exact) mass is 902 g/mol. The number of hydrogen-bond donors (Lipinski definition) is 0. The topological polar surface area (TPSA) is 0 Å². The summed E-state index contributed by atoms with van der Waals surface area (Å²) in [6.45, 7) is 0. The fraction of sp³-hybridized carbons (Fsp3) is 0.0204. The minimum absolute atomic E-state index is 0. The summed E-state index contributed by atoms with van der Waals surface area (Å²) in [6.07, 6.45) is 14.2. The van der Waals surface area contributed by atoms with Crippen LogP contribution in [0.2, 0.25) is 0 Å². The van der Waals surface area contributed by atoms with Crippen LogP contribution in [0.1, 0.15) is 11.1 Å². The van der Waals surface area contributed by atoms with Gasteiger partial charge in [0.1, 0.15) is 37.1 Å². The molecule has 0 heterocycles. The summed E-state index contributed by atoms with van der Waals surface area (Å²) in [7, 11) is -1.69. The van der Waals surface area contributed by atoms with E-state index in [1.54, 1.807) is 0 Å². The minimum Gasteiger partial charge on any atom is -0.366 e. The molecule has 0 amide bonds. The van der Waals surface area contributed by atoms with Crippen LogP contribution in [0.15, 0.2) is 206 Å². The van der Waals surface area contributed by atoms with E-state index in [0.29, 0.717) is 0 Å². The molecule has 0 aliphatic rings. The van der Waals surface area contributed by atoms with E-state index < -0.39 is 15.8 Å². The fourth-order valence-electron chi connectivity index (χ4n) is 6.14. The van der Waals surface area contributed by atoms with Gasteiger partial charge in [0.2, 0.25) is 0 Å². The summed E-state index contributed by atoms with van der Waals surface area (Å²) >= 11 is 0. The maximum Gasteiger partial charge on any atom is 1.00 e. The van der Waals surface area contributed by atoms with E-state index >= 15 is 0 Å². The zero-order chi connectivity index (χ0) is 35.1. The van der Waals surface area contributed by atoms with Gasteiger partial charge >= 0.3 is 44.8 Å². The van der Waals surface area contributed by atoms with E-state index in [-0.39, 0.29) is 44.8 Å². The molecule has 4 heteroatoms. The first kappa shape index (κ1) is 41.5. The van der Waals surface area contributed by atoms with Gasteiger partial charge in [-0.05, 0) is 59.3 Å². The first-order chi connectivity index (χ1) is 25.2. The molecule has 8 rings (SSSR count). The second kappa shape index (κ2) is 22.1. The van der Waals surface area contributed by atoms with Crippen LogP contribution < -0.4 is 21.2 Å². The molecule has 0 aromatic heterocycles. The van der Waals surface area contributed by atoms with E-state index in [4.69, 9.17) is 12.8 Å². The zero-order valence-corrected chi connectivity index (χ0v) is 33.9. The third-order valence-electron chi connectivity index (χ3n) is 8.69. The van der Waals surface area contributed by atoms with Crippen LogP contribution in [0.25, 0.3) is 21.5 Å². The number of hydrogen-bond acceptors (Lipinski definition) is 0. The maximum atomic E-state index is 7.08. The molecule has 0 atom stereocenters. The van der Waals surface area contributed by atoms with Gasteiger partial charge in [0.05, 0.1) is 0 Å². The number of fused-ring (bicyclic) bond motifs is 2. The molecule has 0 nitrogen and oxygen atoms in total. The van der Waals surface area contributed by atoms with Crippen molar-refractivity contribution in [2.45, 2.75) is 0 Å². The third kappa shape index (κ3) is 11.4. The average molecular weight is 905 g/mol. The molecule has 0 saturated carbocycles. The van der Waals surface area contributed by atoms with Gasteiger partial charge in [0, 0.05) is 0 Å². The van der Waals surface area contributed by atoms with Crippen molar-refractivity contribution in [2.24, 2.45) is 0 Å². The van der Waals surface area contributed by atoms with E-state index in [9.17, 15) is 0 Å². The van der Waals surface area contributed by atoms with Crippen LogP contribution >= 0.6 is 15.8 Å². The first-order valence-corrected chi connectivity index (χ1v) is 20.4. The number of rotatable bonds is 6. The van der Waals surface area contributed by atoms with Crippen LogP contribution in [0.4, 0.5) is 0 Å². The van der Waals surface area contributed by atoms with Gasteiger partial charge in [-0.25, -0.2) is 0 Å². The van der Waals surface area contributed by atoms with Crippen LogP contribution in [-0.4, -0.2) is 5.90 Å². The normalized spacial score (nSPS) is 9.96. The molecule has 53 heavy (non-hydrogen) atoms. The van der Waals surface area contributed by atoms with Gasteiger partial charge in [-0.3, -0.25) is 11.8 Å². The van der Waals surface area contributed by atoms with Crippen molar-refractivity contribution >= 4 is 58.6 Å². The summed E-state index contributed by atoms with van der Waals surface area (Å²) < 4.78 is 0. The van der Waals surface area contributed by atoms with Crippen molar-refractivity contribution < 1.29 is 44.8 Å². The molecule has 8 aromatic carbocycles. The Labute approximate surface area is 348 Å². The van der Waals surface area contributed by atoms with Crippen molar-refractivity contribution in [3.05, 3.63) is 230 Å². The maximum absolute atomic E-state index is 7.08. The molecule has 0 radical (unpaired) electrons. The molecular weight excluding hydrogens is 866 g/mol. The predicted molar refractivity (Wildman–Crippen MR) is 226 cm³/mol. The molecule has 264 valence electrons. The van der Waals surface area contributed by atoms with Crippen LogP contribution in [0.5, 0.6) is 0 Å². The van der Waals surface area contributed by atoms with Crippen molar-refractivity contribution in [3.8, 4) is 11.8 Å². The SMILES string of the molecule is [Ag+].[Ag+].[C-]#Cc1cccc2ccccc12.[C-]#Cc1cccc2ccccc12.c1ccc([PH+](C[PH+](c2ccccc2)c2ccccc2)c2ccccc2)cc1. The molecule has 0 saturated heterocycles. The van der Waals surface area contributed by atoms with Gasteiger partial charge in [-0.15, -0.1) is 23.3 Å². The van der Waals surface area contributed by atoms with Crippen LogP contribution in [0.3, 0.4) is 0 Å². The van der Waals surface area contributed by atoms with E-state index in [2.05, 4.69) is 133 Å². The van der Waals surface area contributed by atoms with Crippen molar-refractivity contribution in [2.75, 3.05) is 5.90 Å². The van der Waals surface area contributed by atoms with Crippen molar-refractivity contribution in [1.29, 1.82) is 0 Å². The van der Waals surface area contributed by atoms with E-state index in [1.165, 1.54) is 27.1 Å². The summed E-state index contributed by atoms with van der Waals surface area (Å²) in [5, 5.41) is 10.5. The molecule has 0 N–H and O–H groups in total.